The largest absolute Gasteiger partial charge is 0.348 e. The second-order valence-electron chi connectivity index (χ2n) is 6.40. The molecular weight excluding hydrogens is 387 g/mol. The minimum absolute atomic E-state index is 0.141. The Morgan fingerprint density at radius 2 is 1.88 bits per heavy atom. The Balaban J connectivity index is 1.60. The molecule has 0 radical (unpaired) electrons. The molecule has 0 aliphatic heterocycles. The predicted octanol–water partition coefficient (Wildman–Crippen LogP) is 5.65. The molecule has 1 N–H and O–H groups in total. The van der Waals surface area contributed by atoms with E-state index in [1.165, 1.54) is 33.8 Å². The van der Waals surface area contributed by atoms with Crippen molar-refractivity contribution in [3.05, 3.63) is 74.3 Å². The van der Waals surface area contributed by atoms with Gasteiger partial charge in [0.25, 0.3) is 5.91 Å². The lowest BCUT2D eigenvalue weighted by molar-refractivity contribution is 0.0951. The fourth-order valence-corrected chi connectivity index (χ4v) is 5.06. The monoisotopic (exact) mass is 404 g/mol. The summed E-state index contributed by atoms with van der Waals surface area (Å²) in [6.45, 7) is 0.512. The van der Waals surface area contributed by atoms with Gasteiger partial charge in [0, 0.05) is 34.9 Å². The minimum Gasteiger partial charge on any atom is -0.348 e. The molecule has 0 atom stereocenters. The first kappa shape index (κ1) is 17.7. The third kappa shape index (κ3) is 3.41. The molecule has 0 saturated carbocycles. The zero-order chi connectivity index (χ0) is 18.1. The summed E-state index contributed by atoms with van der Waals surface area (Å²) in [5.41, 5.74) is 3.17. The lowest BCUT2D eigenvalue weighted by Crippen LogP contribution is -2.24. The van der Waals surface area contributed by atoms with E-state index in [1.807, 2.05) is 23.5 Å². The number of benzene rings is 1. The molecule has 3 nitrogen and oxygen atoms in total. The third-order valence-electron chi connectivity index (χ3n) is 4.71. The number of fused-ring (bicyclic) bond motifs is 1. The van der Waals surface area contributed by atoms with Crippen LogP contribution in [0.5, 0.6) is 0 Å². The number of amides is 1. The van der Waals surface area contributed by atoms with Gasteiger partial charge in [-0.05, 0) is 61.6 Å². The van der Waals surface area contributed by atoms with Crippen LogP contribution in [0.1, 0.15) is 39.2 Å². The predicted molar refractivity (Wildman–Crippen MR) is 108 cm³/mol. The Hall–Kier alpha value is -1.75. The van der Waals surface area contributed by atoms with E-state index in [0.717, 1.165) is 12.8 Å². The molecular formula is C20H18Cl2N2OS. The van der Waals surface area contributed by atoms with Gasteiger partial charge in [-0.15, -0.1) is 11.3 Å². The van der Waals surface area contributed by atoms with Crippen molar-refractivity contribution in [2.45, 2.75) is 32.2 Å². The quantitative estimate of drug-likeness (QED) is 0.598. The van der Waals surface area contributed by atoms with Crippen molar-refractivity contribution in [1.29, 1.82) is 0 Å². The standard InChI is InChI=1S/C20H18Cl2N2OS/c21-16-8-7-13(11-17(16)22)19(25)23-12-15-14-5-1-2-6-18(14)26-20(15)24-9-3-4-10-24/h3-4,7-11H,1-2,5-6,12H2,(H,23,25). The number of nitrogens with zero attached hydrogens (tertiary/aromatic N) is 1. The highest BCUT2D eigenvalue weighted by Gasteiger charge is 2.22. The average molecular weight is 405 g/mol. The molecule has 0 saturated heterocycles. The number of nitrogens with one attached hydrogen (secondary N) is 1. The molecule has 3 aromatic rings. The number of hydrogen-bond acceptors (Lipinski definition) is 2. The highest BCUT2D eigenvalue weighted by molar-refractivity contribution is 7.14. The van der Waals surface area contributed by atoms with E-state index in [0.29, 0.717) is 22.2 Å². The first-order valence-electron chi connectivity index (χ1n) is 8.63. The van der Waals surface area contributed by atoms with Crippen LogP contribution in [0, 0.1) is 0 Å². The Labute approximate surface area is 166 Å². The first-order valence-corrected chi connectivity index (χ1v) is 10.2. The van der Waals surface area contributed by atoms with E-state index in [-0.39, 0.29) is 5.91 Å². The summed E-state index contributed by atoms with van der Waals surface area (Å²) >= 11 is 13.8. The molecule has 6 heteroatoms. The number of aromatic nitrogens is 1. The van der Waals surface area contributed by atoms with Gasteiger partial charge in [0.2, 0.25) is 0 Å². The zero-order valence-electron chi connectivity index (χ0n) is 14.1. The summed E-state index contributed by atoms with van der Waals surface area (Å²) < 4.78 is 2.14. The van der Waals surface area contributed by atoms with Crippen molar-refractivity contribution in [3.63, 3.8) is 0 Å². The molecule has 2 heterocycles. The van der Waals surface area contributed by atoms with Gasteiger partial charge in [0.05, 0.1) is 10.0 Å². The summed E-state index contributed by atoms with van der Waals surface area (Å²) in [4.78, 5) is 14.0. The van der Waals surface area contributed by atoms with Gasteiger partial charge in [0.15, 0.2) is 0 Å². The van der Waals surface area contributed by atoms with Crippen molar-refractivity contribution in [2.75, 3.05) is 0 Å². The first-order chi connectivity index (χ1) is 12.6. The van der Waals surface area contributed by atoms with Crippen LogP contribution in [0.15, 0.2) is 42.7 Å². The molecule has 2 aromatic heterocycles. The van der Waals surface area contributed by atoms with Crippen LogP contribution in [0.25, 0.3) is 5.00 Å². The van der Waals surface area contributed by atoms with Crippen LogP contribution < -0.4 is 5.32 Å². The van der Waals surface area contributed by atoms with Gasteiger partial charge in [-0.1, -0.05) is 23.2 Å². The van der Waals surface area contributed by atoms with E-state index in [4.69, 9.17) is 23.2 Å². The number of thiophene rings is 1. The Morgan fingerprint density at radius 3 is 2.65 bits per heavy atom. The van der Waals surface area contributed by atoms with Crippen molar-refractivity contribution in [3.8, 4) is 5.00 Å². The van der Waals surface area contributed by atoms with Crippen molar-refractivity contribution in [2.24, 2.45) is 0 Å². The number of hydrogen-bond donors (Lipinski definition) is 1. The fourth-order valence-electron chi connectivity index (χ4n) is 3.39. The maximum Gasteiger partial charge on any atom is 0.251 e. The maximum atomic E-state index is 12.6. The van der Waals surface area contributed by atoms with E-state index >= 15 is 0 Å². The van der Waals surface area contributed by atoms with Gasteiger partial charge >= 0.3 is 0 Å². The lowest BCUT2D eigenvalue weighted by Gasteiger charge is -2.14. The molecule has 1 aliphatic carbocycles. The van der Waals surface area contributed by atoms with Crippen LogP contribution in [0.4, 0.5) is 0 Å². The number of carbonyl (C=O) groups excluding carboxylic acids is 1. The highest BCUT2D eigenvalue weighted by Crippen LogP contribution is 2.37. The van der Waals surface area contributed by atoms with E-state index in [9.17, 15) is 4.79 Å². The summed E-state index contributed by atoms with van der Waals surface area (Å²) in [5.74, 6) is -0.141. The SMILES string of the molecule is O=C(NCc1c(-n2cccc2)sc2c1CCCC2)c1ccc(Cl)c(Cl)c1. The molecule has 0 bridgehead atoms. The van der Waals surface area contributed by atoms with Gasteiger partial charge in [-0.25, -0.2) is 0 Å². The van der Waals surface area contributed by atoms with Crippen molar-refractivity contribution < 1.29 is 4.79 Å². The minimum atomic E-state index is -0.141. The molecule has 0 fully saturated rings. The van der Waals surface area contributed by atoms with Gasteiger partial charge < -0.3 is 9.88 Å². The Morgan fingerprint density at radius 1 is 1.12 bits per heavy atom. The molecule has 1 amide bonds. The number of rotatable bonds is 4. The molecule has 26 heavy (non-hydrogen) atoms. The molecule has 134 valence electrons. The van der Waals surface area contributed by atoms with E-state index < -0.39 is 0 Å². The van der Waals surface area contributed by atoms with Gasteiger partial charge in [0.1, 0.15) is 5.00 Å². The van der Waals surface area contributed by atoms with Crippen molar-refractivity contribution in [1.82, 2.24) is 9.88 Å². The van der Waals surface area contributed by atoms with E-state index in [2.05, 4.69) is 22.3 Å². The molecule has 0 spiro atoms. The van der Waals surface area contributed by atoms with Crippen molar-refractivity contribution >= 4 is 40.4 Å². The number of carbonyl (C=O) groups is 1. The van der Waals surface area contributed by atoms with Crippen LogP contribution in [-0.2, 0) is 19.4 Å². The summed E-state index contributed by atoms with van der Waals surface area (Å²) in [6.07, 6.45) is 8.79. The van der Waals surface area contributed by atoms with Gasteiger partial charge in [-0.2, -0.15) is 0 Å². The maximum absolute atomic E-state index is 12.6. The smallest absolute Gasteiger partial charge is 0.251 e. The number of aryl methyl sites for hydroxylation is 1. The summed E-state index contributed by atoms with van der Waals surface area (Å²) in [7, 11) is 0. The van der Waals surface area contributed by atoms with Gasteiger partial charge in [-0.3, -0.25) is 4.79 Å². The molecule has 1 aromatic carbocycles. The summed E-state index contributed by atoms with van der Waals surface area (Å²) in [5, 5.41) is 5.10. The topological polar surface area (TPSA) is 34.0 Å². The second-order valence-corrected chi connectivity index (χ2v) is 8.29. The normalized spacial score (nSPS) is 13.5. The van der Waals surface area contributed by atoms with Crippen LogP contribution >= 0.6 is 34.5 Å². The number of halogens is 2. The highest BCUT2D eigenvalue weighted by atomic mass is 35.5. The second kappa shape index (κ2) is 7.47. The van der Waals surface area contributed by atoms with Crippen LogP contribution in [0.2, 0.25) is 10.0 Å². The molecule has 0 unspecified atom stereocenters. The summed E-state index contributed by atoms with van der Waals surface area (Å²) in [6, 6.07) is 9.00. The average Bonchev–Trinajstić information content (AvgIpc) is 3.29. The zero-order valence-corrected chi connectivity index (χ0v) is 16.4. The Bertz CT molecular complexity index is 947. The Kier molecular flexibility index (Phi) is 5.07. The third-order valence-corrected chi connectivity index (χ3v) is 6.79. The van der Waals surface area contributed by atoms with Crippen LogP contribution in [-0.4, -0.2) is 10.5 Å². The van der Waals surface area contributed by atoms with Crippen LogP contribution in [0.3, 0.4) is 0 Å². The molecule has 4 rings (SSSR count). The lowest BCUT2D eigenvalue weighted by atomic mass is 9.95. The molecule has 1 aliphatic rings. The fraction of sp³-hybridized carbons (Fsp3) is 0.250. The van der Waals surface area contributed by atoms with E-state index in [1.54, 1.807) is 18.2 Å².